The van der Waals surface area contributed by atoms with E-state index in [0.717, 1.165) is 47.3 Å². The Morgan fingerprint density at radius 1 is 0.917 bits per heavy atom. The fourth-order valence-corrected chi connectivity index (χ4v) is 6.66. The molecular formula is C28H33N2O4S2+. The van der Waals surface area contributed by atoms with Crippen molar-refractivity contribution in [2.75, 3.05) is 39.9 Å². The van der Waals surface area contributed by atoms with Crippen molar-refractivity contribution in [3.8, 4) is 23.0 Å². The fourth-order valence-electron chi connectivity index (χ4n) is 4.27. The molecule has 190 valence electrons. The maximum Gasteiger partial charge on any atom is 0.262 e. The molecule has 0 atom stereocenters. The van der Waals surface area contributed by atoms with Gasteiger partial charge in [-0.15, -0.1) is 0 Å². The van der Waals surface area contributed by atoms with Gasteiger partial charge in [-0.3, -0.25) is 0 Å². The number of allylic oxidation sites excluding steroid dienone is 4. The van der Waals surface area contributed by atoms with E-state index in [9.17, 15) is 0 Å². The summed E-state index contributed by atoms with van der Waals surface area (Å²) < 4.78 is 25.5. The van der Waals surface area contributed by atoms with Crippen molar-refractivity contribution in [2.24, 2.45) is 0 Å². The Kier molecular flexibility index (Phi) is 8.16. The van der Waals surface area contributed by atoms with Crippen LogP contribution in [-0.2, 0) is 6.54 Å². The molecule has 0 saturated carbocycles. The lowest BCUT2D eigenvalue weighted by Crippen LogP contribution is -2.33. The molecule has 6 nitrogen and oxygen atoms in total. The van der Waals surface area contributed by atoms with Gasteiger partial charge < -0.3 is 23.8 Å². The zero-order chi connectivity index (χ0) is 25.8. The number of benzene rings is 2. The van der Waals surface area contributed by atoms with Crippen molar-refractivity contribution in [3.05, 3.63) is 58.1 Å². The van der Waals surface area contributed by atoms with E-state index in [0.29, 0.717) is 0 Å². The summed E-state index contributed by atoms with van der Waals surface area (Å²) in [6.07, 6.45) is 8.66. The van der Waals surface area contributed by atoms with Crippen molar-refractivity contribution in [3.63, 3.8) is 0 Å². The van der Waals surface area contributed by atoms with Gasteiger partial charge in [0.25, 0.3) is 5.01 Å². The molecule has 1 aliphatic rings. The second kappa shape index (κ2) is 11.3. The van der Waals surface area contributed by atoms with Crippen LogP contribution in [0.15, 0.2) is 58.0 Å². The van der Waals surface area contributed by atoms with Crippen LogP contribution in [0.3, 0.4) is 0 Å². The van der Waals surface area contributed by atoms with Gasteiger partial charge in [-0.05, 0) is 32.4 Å². The van der Waals surface area contributed by atoms with E-state index in [2.05, 4.69) is 72.7 Å². The number of hydrogen-bond donors (Lipinski definition) is 0. The van der Waals surface area contributed by atoms with E-state index in [1.165, 1.54) is 25.2 Å². The standard InChI is InChI=1S/C28H33N2O4S2/c1-8-29-19-14-21(31-4)23(33-6)16-25(19)35-27(29)12-10-11-18(3)13-28-30(9-2)20-15-22(32-5)24(34-7)17-26(20)36-28/h10-17H,8-9H2,1-7H3/q+1. The number of rotatable bonds is 9. The Morgan fingerprint density at radius 3 is 2.19 bits per heavy atom. The van der Waals surface area contributed by atoms with Gasteiger partial charge in [0, 0.05) is 35.7 Å². The van der Waals surface area contributed by atoms with Gasteiger partial charge in [0.2, 0.25) is 5.52 Å². The molecule has 0 fully saturated rings. The molecule has 36 heavy (non-hydrogen) atoms. The third-order valence-corrected chi connectivity index (χ3v) is 8.26. The summed E-state index contributed by atoms with van der Waals surface area (Å²) in [5.41, 5.74) is 3.47. The van der Waals surface area contributed by atoms with Crippen LogP contribution in [-0.4, -0.2) is 35.0 Å². The van der Waals surface area contributed by atoms with Crippen molar-refractivity contribution >= 4 is 45.1 Å². The predicted molar refractivity (Wildman–Crippen MR) is 150 cm³/mol. The largest absolute Gasteiger partial charge is 0.493 e. The Balaban J connectivity index is 1.60. The lowest BCUT2D eigenvalue weighted by atomic mass is 10.2. The zero-order valence-corrected chi connectivity index (χ0v) is 23.5. The molecule has 0 aliphatic carbocycles. The number of aryl methyl sites for hydroxylation is 1. The monoisotopic (exact) mass is 525 g/mol. The highest BCUT2D eigenvalue weighted by Gasteiger charge is 2.26. The van der Waals surface area contributed by atoms with Gasteiger partial charge in [0.05, 0.1) is 45.2 Å². The maximum atomic E-state index is 5.52. The van der Waals surface area contributed by atoms with Crippen LogP contribution in [0.2, 0.25) is 0 Å². The summed E-state index contributed by atoms with van der Waals surface area (Å²) in [6.45, 7) is 8.19. The molecule has 0 bridgehead atoms. The second-order valence-corrected chi connectivity index (χ2v) is 10.3. The molecule has 1 aromatic heterocycles. The number of hydrogen-bond acceptors (Lipinski definition) is 7. The Labute approximate surface area is 221 Å². The van der Waals surface area contributed by atoms with Gasteiger partial charge in [-0.25, -0.2) is 0 Å². The van der Waals surface area contributed by atoms with Crippen LogP contribution in [0.1, 0.15) is 25.8 Å². The van der Waals surface area contributed by atoms with Crippen LogP contribution >= 0.6 is 23.1 Å². The number of fused-ring (bicyclic) bond motifs is 2. The maximum absolute atomic E-state index is 5.52. The number of nitrogens with zero attached hydrogens (tertiary/aromatic N) is 2. The predicted octanol–water partition coefficient (Wildman–Crippen LogP) is 6.68. The molecule has 2 aromatic carbocycles. The summed E-state index contributed by atoms with van der Waals surface area (Å²) >= 11 is 3.50. The highest BCUT2D eigenvalue weighted by atomic mass is 32.2. The molecule has 0 unspecified atom stereocenters. The van der Waals surface area contributed by atoms with Crippen LogP contribution in [0.4, 0.5) is 5.69 Å². The summed E-state index contributed by atoms with van der Waals surface area (Å²) in [6, 6.07) is 8.21. The van der Waals surface area contributed by atoms with Crippen LogP contribution in [0, 0.1) is 0 Å². The minimum atomic E-state index is 0.744. The molecule has 0 amide bonds. The Morgan fingerprint density at radius 2 is 1.56 bits per heavy atom. The molecule has 0 N–H and O–H groups in total. The summed E-state index contributed by atoms with van der Waals surface area (Å²) in [7, 11) is 6.68. The number of aromatic nitrogens is 1. The molecule has 1 aliphatic heterocycles. The highest BCUT2D eigenvalue weighted by molar-refractivity contribution is 8.03. The van der Waals surface area contributed by atoms with E-state index >= 15 is 0 Å². The van der Waals surface area contributed by atoms with E-state index in [1.807, 2.05) is 6.07 Å². The third kappa shape index (κ3) is 4.92. The molecule has 3 aromatic rings. The van der Waals surface area contributed by atoms with Crippen molar-refractivity contribution < 1.29 is 23.5 Å². The van der Waals surface area contributed by atoms with E-state index in [-0.39, 0.29) is 0 Å². The Bertz CT molecular complexity index is 1360. The second-order valence-electron chi connectivity index (χ2n) is 8.13. The van der Waals surface area contributed by atoms with Gasteiger partial charge in [0.1, 0.15) is 11.2 Å². The summed E-state index contributed by atoms with van der Waals surface area (Å²) in [5.74, 6) is 2.99. The van der Waals surface area contributed by atoms with Gasteiger partial charge >= 0.3 is 0 Å². The zero-order valence-electron chi connectivity index (χ0n) is 21.9. The lowest BCUT2D eigenvalue weighted by Gasteiger charge is -2.19. The first kappa shape index (κ1) is 26.0. The Hall–Kier alpha value is -3.10. The first-order valence-electron chi connectivity index (χ1n) is 11.8. The topological polar surface area (TPSA) is 44.0 Å². The van der Waals surface area contributed by atoms with Crippen LogP contribution in [0.25, 0.3) is 16.3 Å². The number of thioether (sulfide) groups is 1. The molecule has 8 heteroatoms. The SMILES string of the molecule is CCN1\C(=C/C(C)=C/C=C/c2sc3cc(OC)c(OC)cc3[n+]2CC)Sc2cc(OC)c(OC)cc21. The highest BCUT2D eigenvalue weighted by Crippen LogP contribution is 2.50. The van der Waals surface area contributed by atoms with Crippen LogP contribution in [0.5, 0.6) is 23.0 Å². The normalized spacial score (nSPS) is 14.7. The average Bonchev–Trinajstić information content (AvgIpc) is 3.41. The smallest absolute Gasteiger partial charge is 0.262 e. The number of methoxy groups -OCH3 is 4. The summed E-state index contributed by atoms with van der Waals surface area (Å²) in [4.78, 5) is 3.48. The fraction of sp³-hybridized carbons (Fsp3) is 0.321. The van der Waals surface area contributed by atoms with Crippen LogP contribution < -0.4 is 28.4 Å². The van der Waals surface area contributed by atoms with Gasteiger partial charge in [-0.1, -0.05) is 35.3 Å². The minimum Gasteiger partial charge on any atom is -0.493 e. The molecule has 0 spiro atoms. The van der Waals surface area contributed by atoms with Crippen molar-refractivity contribution in [1.82, 2.24) is 0 Å². The van der Waals surface area contributed by atoms with E-state index in [1.54, 1.807) is 51.5 Å². The van der Waals surface area contributed by atoms with E-state index < -0.39 is 0 Å². The molecule has 4 rings (SSSR count). The van der Waals surface area contributed by atoms with E-state index in [4.69, 9.17) is 18.9 Å². The molecule has 0 radical (unpaired) electrons. The number of anilines is 1. The average molecular weight is 526 g/mol. The number of ether oxygens (including phenoxy) is 4. The quantitative estimate of drug-likeness (QED) is 0.229. The molecule has 2 heterocycles. The number of thiazole rings is 1. The van der Waals surface area contributed by atoms with Gasteiger partial charge in [0.15, 0.2) is 23.0 Å². The van der Waals surface area contributed by atoms with Gasteiger partial charge in [-0.2, -0.15) is 4.57 Å². The van der Waals surface area contributed by atoms with Crippen molar-refractivity contribution in [1.29, 1.82) is 0 Å². The molecule has 0 saturated heterocycles. The minimum absolute atomic E-state index is 0.744. The van der Waals surface area contributed by atoms with Crippen molar-refractivity contribution in [2.45, 2.75) is 32.2 Å². The molecular weight excluding hydrogens is 492 g/mol. The third-order valence-electron chi connectivity index (χ3n) is 6.05. The lowest BCUT2D eigenvalue weighted by molar-refractivity contribution is -0.665. The summed E-state index contributed by atoms with van der Waals surface area (Å²) in [5, 5.41) is 2.37. The first-order chi connectivity index (χ1) is 17.5. The first-order valence-corrected chi connectivity index (χ1v) is 13.5.